The standard InChI is InChI=1S/C11H9ClN2O3/c1-2-17-11-8(9(15)10(11)16)14-6-3-4-7(12)13-5-6/h3-5,14H,2H2,1H3. The summed E-state index contributed by atoms with van der Waals surface area (Å²) in [5, 5.41) is 3.14. The van der Waals surface area contributed by atoms with Gasteiger partial charge in [-0.3, -0.25) is 9.59 Å². The SMILES string of the molecule is CCOc1c(Nc2ccc(Cl)nc2)c(=O)c1=O. The molecule has 1 aromatic carbocycles. The normalized spacial score (nSPS) is 10.5. The molecule has 1 heterocycles. The number of aromatic nitrogens is 1. The van der Waals surface area contributed by atoms with Crippen LogP contribution in [-0.4, -0.2) is 11.6 Å². The van der Waals surface area contributed by atoms with E-state index in [2.05, 4.69) is 10.3 Å². The highest BCUT2D eigenvalue weighted by Crippen LogP contribution is 2.22. The summed E-state index contributed by atoms with van der Waals surface area (Å²) in [6.45, 7) is 2.07. The van der Waals surface area contributed by atoms with Crippen LogP contribution in [0.4, 0.5) is 11.4 Å². The summed E-state index contributed by atoms with van der Waals surface area (Å²) in [5.41, 5.74) is -0.442. The third-order valence-corrected chi connectivity index (χ3v) is 2.38. The van der Waals surface area contributed by atoms with Crippen molar-refractivity contribution in [3.63, 3.8) is 0 Å². The van der Waals surface area contributed by atoms with Crippen LogP contribution in [0.15, 0.2) is 27.9 Å². The number of ether oxygens (including phenoxy) is 1. The quantitative estimate of drug-likeness (QED) is 0.659. The average Bonchev–Trinajstić information content (AvgIpc) is 2.35. The largest absolute Gasteiger partial charge is 0.488 e. The Balaban J connectivity index is 2.25. The number of hydrogen-bond donors (Lipinski definition) is 1. The zero-order valence-electron chi connectivity index (χ0n) is 8.99. The Morgan fingerprint density at radius 2 is 2.12 bits per heavy atom. The molecule has 2 rings (SSSR count). The first-order chi connectivity index (χ1) is 8.13. The summed E-state index contributed by atoms with van der Waals surface area (Å²) in [6.07, 6.45) is 1.47. The lowest BCUT2D eigenvalue weighted by atomic mass is 10.2. The van der Waals surface area contributed by atoms with E-state index in [1.54, 1.807) is 19.1 Å². The van der Waals surface area contributed by atoms with E-state index in [9.17, 15) is 9.59 Å². The van der Waals surface area contributed by atoms with E-state index in [-0.39, 0.29) is 11.4 Å². The Bertz CT molecular complexity index is 600. The highest BCUT2D eigenvalue weighted by molar-refractivity contribution is 6.29. The molecule has 0 aliphatic heterocycles. The van der Waals surface area contributed by atoms with Gasteiger partial charge in [-0.1, -0.05) is 11.6 Å². The molecule has 2 aromatic rings. The molecule has 0 atom stereocenters. The number of pyridine rings is 1. The smallest absolute Gasteiger partial charge is 0.272 e. The highest BCUT2D eigenvalue weighted by Gasteiger charge is 2.22. The fraction of sp³-hybridized carbons (Fsp3) is 0.182. The van der Waals surface area contributed by atoms with Crippen LogP contribution in [0.5, 0.6) is 5.75 Å². The van der Waals surface area contributed by atoms with Crippen LogP contribution in [0, 0.1) is 0 Å². The molecule has 0 unspecified atom stereocenters. The van der Waals surface area contributed by atoms with Crippen LogP contribution in [0.1, 0.15) is 6.92 Å². The van der Waals surface area contributed by atoms with Crippen molar-refractivity contribution >= 4 is 23.0 Å². The fourth-order valence-electron chi connectivity index (χ4n) is 1.36. The van der Waals surface area contributed by atoms with Crippen molar-refractivity contribution in [1.82, 2.24) is 4.98 Å². The molecule has 0 amide bonds. The van der Waals surface area contributed by atoms with Gasteiger partial charge in [0.25, 0.3) is 10.9 Å². The zero-order valence-corrected chi connectivity index (χ0v) is 9.75. The number of nitrogens with one attached hydrogen (secondary N) is 1. The molecule has 0 spiro atoms. The van der Waals surface area contributed by atoms with Crippen molar-refractivity contribution in [3.8, 4) is 5.75 Å². The van der Waals surface area contributed by atoms with Gasteiger partial charge in [-0.2, -0.15) is 0 Å². The van der Waals surface area contributed by atoms with Gasteiger partial charge in [-0.25, -0.2) is 4.98 Å². The van der Waals surface area contributed by atoms with E-state index in [0.717, 1.165) is 0 Å². The fourth-order valence-corrected chi connectivity index (χ4v) is 1.47. The van der Waals surface area contributed by atoms with Crippen molar-refractivity contribution in [2.75, 3.05) is 11.9 Å². The Labute approximate surface area is 102 Å². The van der Waals surface area contributed by atoms with E-state index < -0.39 is 10.9 Å². The monoisotopic (exact) mass is 252 g/mol. The maximum atomic E-state index is 11.3. The number of nitrogens with zero attached hydrogens (tertiary/aromatic N) is 1. The second kappa shape index (κ2) is 4.55. The Hall–Kier alpha value is -1.88. The number of rotatable bonds is 4. The van der Waals surface area contributed by atoms with Gasteiger partial charge < -0.3 is 10.1 Å². The summed E-state index contributed by atoms with van der Waals surface area (Å²) >= 11 is 5.63. The number of anilines is 2. The van der Waals surface area contributed by atoms with Crippen LogP contribution < -0.4 is 20.9 Å². The van der Waals surface area contributed by atoms with E-state index in [1.807, 2.05) is 0 Å². The van der Waals surface area contributed by atoms with Gasteiger partial charge in [0.15, 0.2) is 5.75 Å². The Morgan fingerprint density at radius 1 is 1.35 bits per heavy atom. The number of hydrogen-bond acceptors (Lipinski definition) is 5. The van der Waals surface area contributed by atoms with Crippen molar-refractivity contribution in [2.24, 2.45) is 0 Å². The first-order valence-electron chi connectivity index (χ1n) is 4.98. The predicted octanol–water partition coefficient (Wildman–Crippen LogP) is 1.47. The van der Waals surface area contributed by atoms with Crippen LogP contribution in [-0.2, 0) is 0 Å². The van der Waals surface area contributed by atoms with E-state index in [0.29, 0.717) is 17.4 Å². The Kier molecular flexibility index (Phi) is 3.10. The maximum Gasteiger partial charge on any atom is 0.272 e. The molecule has 0 saturated carbocycles. The third-order valence-electron chi connectivity index (χ3n) is 2.15. The molecule has 0 radical (unpaired) electrons. The van der Waals surface area contributed by atoms with E-state index in [1.165, 1.54) is 6.20 Å². The molecule has 17 heavy (non-hydrogen) atoms. The third kappa shape index (κ3) is 2.14. The van der Waals surface area contributed by atoms with Crippen LogP contribution in [0.2, 0.25) is 5.15 Å². The molecule has 1 N–H and O–H groups in total. The van der Waals surface area contributed by atoms with Gasteiger partial charge in [-0.05, 0) is 19.1 Å². The molecule has 88 valence electrons. The number of halogens is 1. The molecular weight excluding hydrogens is 244 g/mol. The second-order valence-electron chi connectivity index (χ2n) is 3.29. The molecule has 0 fully saturated rings. The van der Waals surface area contributed by atoms with Gasteiger partial charge >= 0.3 is 0 Å². The van der Waals surface area contributed by atoms with Gasteiger partial charge in [0.1, 0.15) is 10.8 Å². The van der Waals surface area contributed by atoms with Gasteiger partial charge in [0.05, 0.1) is 18.5 Å². The summed E-state index contributed by atoms with van der Waals surface area (Å²) in [6, 6.07) is 3.23. The second-order valence-corrected chi connectivity index (χ2v) is 3.68. The molecule has 0 aliphatic rings. The lowest BCUT2D eigenvalue weighted by Gasteiger charge is -2.12. The molecular formula is C11H9ClN2O3. The molecule has 5 nitrogen and oxygen atoms in total. The van der Waals surface area contributed by atoms with Crippen molar-refractivity contribution in [2.45, 2.75) is 6.92 Å². The average molecular weight is 253 g/mol. The molecule has 1 aromatic heterocycles. The topological polar surface area (TPSA) is 68.3 Å². The molecule has 0 saturated heterocycles. The highest BCUT2D eigenvalue weighted by atomic mass is 35.5. The predicted molar refractivity (Wildman–Crippen MR) is 65.1 cm³/mol. The first kappa shape index (κ1) is 11.6. The van der Waals surface area contributed by atoms with Crippen LogP contribution >= 0.6 is 11.6 Å². The van der Waals surface area contributed by atoms with Crippen molar-refractivity contribution in [3.05, 3.63) is 43.9 Å². The first-order valence-corrected chi connectivity index (χ1v) is 5.36. The summed E-state index contributed by atoms with van der Waals surface area (Å²) in [5.74, 6) is 0.0763. The van der Waals surface area contributed by atoms with E-state index in [4.69, 9.17) is 16.3 Å². The zero-order chi connectivity index (χ0) is 12.4. The summed E-state index contributed by atoms with van der Waals surface area (Å²) < 4.78 is 5.07. The minimum absolute atomic E-state index is 0.0763. The molecule has 0 aliphatic carbocycles. The minimum Gasteiger partial charge on any atom is -0.488 e. The summed E-state index contributed by atoms with van der Waals surface area (Å²) in [7, 11) is 0. The molecule has 0 bridgehead atoms. The maximum absolute atomic E-state index is 11.3. The van der Waals surface area contributed by atoms with Crippen LogP contribution in [0.3, 0.4) is 0 Å². The van der Waals surface area contributed by atoms with Crippen molar-refractivity contribution < 1.29 is 4.74 Å². The summed E-state index contributed by atoms with van der Waals surface area (Å²) in [4.78, 5) is 26.4. The van der Waals surface area contributed by atoms with Gasteiger partial charge in [-0.15, -0.1) is 0 Å². The van der Waals surface area contributed by atoms with Gasteiger partial charge in [0, 0.05) is 0 Å². The van der Waals surface area contributed by atoms with Crippen LogP contribution in [0.25, 0.3) is 0 Å². The van der Waals surface area contributed by atoms with Crippen molar-refractivity contribution in [1.29, 1.82) is 0 Å². The van der Waals surface area contributed by atoms with Gasteiger partial charge in [0.2, 0.25) is 0 Å². The lowest BCUT2D eigenvalue weighted by Crippen LogP contribution is -2.35. The molecule has 6 heteroatoms. The van der Waals surface area contributed by atoms with E-state index >= 15 is 0 Å². The minimum atomic E-state index is -0.601. The lowest BCUT2D eigenvalue weighted by molar-refractivity contribution is 0.335. The Morgan fingerprint density at radius 3 is 2.71 bits per heavy atom.